The highest BCUT2D eigenvalue weighted by molar-refractivity contribution is 5.76. The minimum atomic E-state index is -1.31. The molecule has 0 spiro atoms. The van der Waals surface area contributed by atoms with Gasteiger partial charge in [0.2, 0.25) is 0 Å². The normalized spacial score (nSPS) is 59.1. The minimum Gasteiger partial charge on any atom is -0.481 e. The maximum atomic E-state index is 12.5. The van der Waals surface area contributed by atoms with Crippen molar-refractivity contribution in [3.8, 4) is 0 Å². The number of allylic oxidation sites excluding steroid dienone is 2. The van der Waals surface area contributed by atoms with Gasteiger partial charge in [-0.1, -0.05) is 53.2 Å². The van der Waals surface area contributed by atoms with Crippen LogP contribution in [0, 0.1) is 56.7 Å². The van der Waals surface area contributed by atoms with Gasteiger partial charge >= 0.3 is 5.97 Å². The van der Waals surface area contributed by atoms with E-state index >= 15 is 0 Å². The van der Waals surface area contributed by atoms with Crippen molar-refractivity contribution in [3.63, 3.8) is 0 Å². The molecule has 0 amide bonds. The van der Waals surface area contributed by atoms with Gasteiger partial charge in [-0.2, -0.15) is 0 Å². The molecule has 5 rings (SSSR count). The molecule has 192 valence electrons. The highest BCUT2D eigenvalue weighted by Gasteiger charge is 2.71. The van der Waals surface area contributed by atoms with Gasteiger partial charge in [0, 0.05) is 0 Å². The Morgan fingerprint density at radius 3 is 2.26 bits per heavy atom. The van der Waals surface area contributed by atoms with Gasteiger partial charge in [-0.15, -0.1) is 0 Å². The number of aliphatic carboxylic acids is 1. The summed E-state index contributed by atoms with van der Waals surface area (Å²) in [4.78, 5) is 12.5. The first-order chi connectivity index (χ1) is 15.7. The van der Waals surface area contributed by atoms with Crippen molar-refractivity contribution >= 4 is 5.97 Å². The molecule has 0 aromatic heterocycles. The van der Waals surface area contributed by atoms with E-state index in [2.05, 4.69) is 47.6 Å². The van der Waals surface area contributed by atoms with E-state index in [0.29, 0.717) is 29.6 Å². The lowest BCUT2D eigenvalue weighted by Crippen LogP contribution is -2.68. The van der Waals surface area contributed by atoms with Gasteiger partial charge in [-0.05, 0) is 110 Å². The molecule has 12 atom stereocenters. The van der Waals surface area contributed by atoms with Crippen molar-refractivity contribution in [1.82, 2.24) is 0 Å². The number of carbonyl (C=O) groups is 1. The van der Waals surface area contributed by atoms with E-state index < -0.39 is 23.6 Å². The van der Waals surface area contributed by atoms with E-state index in [1.54, 1.807) is 12.5 Å². The highest BCUT2D eigenvalue weighted by Crippen LogP contribution is 2.75. The largest absolute Gasteiger partial charge is 0.481 e. The summed E-state index contributed by atoms with van der Waals surface area (Å²) in [6.45, 7) is 16.4. The Labute approximate surface area is 206 Å². The number of aliphatic hydroxyl groups is 2. The smallest absolute Gasteiger partial charge is 0.312 e. The molecule has 0 heterocycles. The second kappa shape index (κ2) is 7.34. The van der Waals surface area contributed by atoms with Crippen molar-refractivity contribution < 1.29 is 20.1 Å². The quantitative estimate of drug-likeness (QED) is 0.405. The van der Waals surface area contributed by atoms with Crippen LogP contribution in [0.3, 0.4) is 0 Å². The third-order valence-electron chi connectivity index (χ3n) is 13.5. The monoisotopic (exact) mass is 472 g/mol. The van der Waals surface area contributed by atoms with Gasteiger partial charge in [0.25, 0.3) is 0 Å². The molecule has 4 heteroatoms. The van der Waals surface area contributed by atoms with Crippen LogP contribution in [0.1, 0.15) is 99.8 Å². The number of hydrogen-bond acceptors (Lipinski definition) is 3. The average molecular weight is 473 g/mol. The van der Waals surface area contributed by atoms with Crippen molar-refractivity contribution in [2.45, 2.75) is 112 Å². The van der Waals surface area contributed by atoms with Crippen molar-refractivity contribution in [1.29, 1.82) is 0 Å². The molecule has 0 radical (unpaired) electrons. The second-order valence-corrected chi connectivity index (χ2v) is 14.6. The molecule has 4 nitrogen and oxygen atoms in total. The maximum Gasteiger partial charge on any atom is 0.312 e. The van der Waals surface area contributed by atoms with E-state index in [-0.39, 0.29) is 22.2 Å². The van der Waals surface area contributed by atoms with E-state index in [4.69, 9.17) is 0 Å². The van der Waals surface area contributed by atoms with E-state index in [0.717, 1.165) is 25.2 Å². The first-order valence-electron chi connectivity index (χ1n) is 14.0. The predicted molar refractivity (Wildman–Crippen MR) is 134 cm³/mol. The third-order valence-corrected chi connectivity index (χ3v) is 13.5. The van der Waals surface area contributed by atoms with Crippen molar-refractivity contribution in [2.24, 2.45) is 56.7 Å². The maximum absolute atomic E-state index is 12.5. The Kier molecular flexibility index (Phi) is 5.36. The number of fused-ring (bicyclic) bond motifs is 7. The van der Waals surface area contributed by atoms with Gasteiger partial charge in [-0.25, -0.2) is 0 Å². The Hall–Kier alpha value is -0.870. The fraction of sp³-hybridized carbons (Fsp3) is 0.900. The molecule has 2 unspecified atom stereocenters. The zero-order valence-corrected chi connectivity index (χ0v) is 22.5. The summed E-state index contributed by atoms with van der Waals surface area (Å²) in [6, 6.07) is 0. The predicted octanol–water partition coefficient (Wildman–Crippen LogP) is 6.06. The molecule has 3 N–H and O–H groups in total. The number of rotatable bonds is 1. The summed E-state index contributed by atoms with van der Waals surface area (Å²) in [5.74, 6) is 1.31. The number of aliphatic hydroxyl groups excluding tert-OH is 2. The Morgan fingerprint density at radius 2 is 1.62 bits per heavy atom. The molecule has 0 aromatic rings. The standard InChI is InChI=1S/C30H48O4/c1-17-10-12-26(3)14-15-28(5)19(23(26)18(17)2)8-9-21-27(4)16-20(31)24(32)30(7,25(33)34)22(27)11-13-29(21,28)6/h8,17-18,20-24,31-32H,9-16H2,1-7H3,(H,33,34)/t17-,18+,20+,21-,22?,23+,24+,26-,27-,28-,29-,30?/m1/s1. The number of carboxylic acid groups (broad SMARTS) is 1. The number of carboxylic acids is 1. The van der Waals surface area contributed by atoms with E-state index in [1.165, 1.54) is 25.7 Å². The van der Waals surface area contributed by atoms with Crippen molar-refractivity contribution in [3.05, 3.63) is 11.6 Å². The summed E-state index contributed by atoms with van der Waals surface area (Å²) in [7, 11) is 0. The zero-order chi connectivity index (χ0) is 25.1. The number of hydrogen-bond donors (Lipinski definition) is 3. The average Bonchev–Trinajstić information content (AvgIpc) is 2.76. The van der Waals surface area contributed by atoms with Crippen LogP contribution < -0.4 is 0 Å². The summed E-state index contributed by atoms with van der Waals surface area (Å²) in [5.41, 5.74) is 0.672. The van der Waals surface area contributed by atoms with Gasteiger partial charge in [0.1, 0.15) is 0 Å². The fourth-order valence-electron chi connectivity index (χ4n) is 10.9. The summed E-state index contributed by atoms with van der Waals surface area (Å²) >= 11 is 0. The molecule has 4 fully saturated rings. The van der Waals surface area contributed by atoms with Crippen LogP contribution in [0.2, 0.25) is 0 Å². The molecule has 0 aliphatic heterocycles. The SMILES string of the molecule is C[C@H]1[C@H](C)CC[C@]2(C)CC[C@]3(C)C(=CC[C@@H]4[C@@]5(C)C[C@H](O)[C@H](O)C(C)(C(=O)O)C5CC[C@]43C)[C@H]12. The summed E-state index contributed by atoms with van der Waals surface area (Å²) < 4.78 is 0. The molecule has 0 aromatic carbocycles. The third kappa shape index (κ3) is 2.76. The lowest BCUT2D eigenvalue weighted by Gasteiger charge is -2.71. The lowest BCUT2D eigenvalue weighted by molar-refractivity contribution is -0.239. The molecule has 0 bridgehead atoms. The highest BCUT2D eigenvalue weighted by atomic mass is 16.4. The molecule has 5 aliphatic carbocycles. The molecule has 5 aliphatic rings. The Morgan fingerprint density at radius 1 is 0.941 bits per heavy atom. The van der Waals surface area contributed by atoms with E-state index in [9.17, 15) is 20.1 Å². The van der Waals surface area contributed by atoms with Gasteiger partial charge < -0.3 is 15.3 Å². The molecule has 4 saturated carbocycles. The van der Waals surface area contributed by atoms with Crippen LogP contribution in [0.25, 0.3) is 0 Å². The van der Waals surface area contributed by atoms with Crippen LogP contribution in [0.15, 0.2) is 11.6 Å². The zero-order valence-electron chi connectivity index (χ0n) is 22.5. The molecular weight excluding hydrogens is 424 g/mol. The second-order valence-electron chi connectivity index (χ2n) is 14.6. The topological polar surface area (TPSA) is 77.8 Å². The summed E-state index contributed by atoms with van der Waals surface area (Å²) in [5, 5.41) is 32.1. The van der Waals surface area contributed by atoms with Crippen LogP contribution >= 0.6 is 0 Å². The minimum absolute atomic E-state index is 0.0749. The van der Waals surface area contributed by atoms with Crippen LogP contribution in [0.4, 0.5) is 0 Å². The first-order valence-corrected chi connectivity index (χ1v) is 14.0. The molecular formula is C30H48O4. The van der Waals surface area contributed by atoms with Gasteiger partial charge in [0.05, 0.1) is 17.6 Å². The molecule has 34 heavy (non-hydrogen) atoms. The first kappa shape index (κ1) is 24.8. The molecule has 0 saturated heterocycles. The lowest BCUT2D eigenvalue weighted by atomic mass is 9.33. The van der Waals surface area contributed by atoms with E-state index in [1.807, 2.05) is 0 Å². The van der Waals surface area contributed by atoms with Crippen LogP contribution in [-0.2, 0) is 4.79 Å². The Balaban J connectivity index is 1.61. The van der Waals surface area contributed by atoms with Crippen molar-refractivity contribution in [2.75, 3.05) is 0 Å². The van der Waals surface area contributed by atoms with Gasteiger partial charge in [-0.3, -0.25) is 4.79 Å². The van der Waals surface area contributed by atoms with Crippen LogP contribution in [0.5, 0.6) is 0 Å². The van der Waals surface area contributed by atoms with Gasteiger partial charge in [0.15, 0.2) is 0 Å². The Bertz CT molecular complexity index is 911. The summed E-state index contributed by atoms with van der Waals surface area (Å²) in [6.07, 6.45) is 8.83. The fourth-order valence-corrected chi connectivity index (χ4v) is 10.9. The van der Waals surface area contributed by atoms with Crippen LogP contribution in [-0.4, -0.2) is 33.5 Å².